The fourth-order valence-electron chi connectivity index (χ4n) is 16.8. The molecule has 0 saturated heterocycles. The van der Waals surface area contributed by atoms with Gasteiger partial charge in [-0.25, -0.2) is 0 Å². The molecule has 17 rings (SSSR count). The lowest BCUT2D eigenvalue weighted by Crippen LogP contribution is -2.65. The van der Waals surface area contributed by atoms with Crippen molar-refractivity contribution >= 4 is 132 Å². The van der Waals surface area contributed by atoms with Gasteiger partial charge in [-0.1, -0.05) is 183 Å². The van der Waals surface area contributed by atoms with E-state index < -0.39 is 0 Å². The van der Waals surface area contributed by atoms with Crippen LogP contribution < -0.4 is 57.3 Å². The molecule has 2 aliphatic carbocycles. The molecule has 1 N–H and O–H groups in total. The number of nitrogens with zero attached hydrogens (tertiary/aromatic N) is 8. The van der Waals surface area contributed by atoms with Gasteiger partial charge in [0.25, 0.3) is 13.4 Å². The number of fused-ring (bicyclic) bond motifs is 10. The minimum absolute atomic E-state index is 0.0221. The largest absolute Gasteiger partial charge is 0.296 e. The van der Waals surface area contributed by atoms with Crippen LogP contribution in [-0.2, 0) is 21.7 Å². The summed E-state index contributed by atoms with van der Waals surface area (Å²) >= 11 is 0. The van der Waals surface area contributed by atoms with Crippen molar-refractivity contribution in [2.75, 3.05) is 24.5 Å². The molecular formula is C80H75B2N9. The Hall–Kier alpha value is -9.60. The molecule has 0 atom stereocenters. The Morgan fingerprint density at radius 3 is 1.36 bits per heavy atom. The maximum Gasteiger partial charge on any atom is 0.256 e. The van der Waals surface area contributed by atoms with E-state index in [0.29, 0.717) is 5.95 Å². The Labute approximate surface area is 536 Å². The summed E-state index contributed by atoms with van der Waals surface area (Å²) < 4.78 is 0. The van der Waals surface area contributed by atoms with Crippen LogP contribution in [0, 0.1) is 20.8 Å². The number of hydrogen-bond donors (Lipinski definition) is 1. The minimum atomic E-state index is -0.277. The van der Waals surface area contributed by atoms with Crippen LogP contribution in [0.15, 0.2) is 200 Å². The van der Waals surface area contributed by atoms with Gasteiger partial charge in [0.1, 0.15) is 17.5 Å². The first kappa shape index (κ1) is 55.5. The first-order chi connectivity index (χ1) is 43.9. The highest BCUT2D eigenvalue weighted by molar-refractivity contribution is 7.03. The molecule has 2 aromatic heterocycles. The van der Waals surface area contributed by atoms with Crippen molar-refractivity contribution in [2.45, 2.75) is 124 Å². The number of anilines is 15. The Morgan fingerprint density at radius 2 is 0.813 bits per heavy atom. The van der Waals surface area contributed by atoms with E-state index in [-0.39, 0.29) is 35.1 Å². The monoisotopic (exact) mass is 1180 g/mol. The molecule has 0 spiro atoms. The average molecular weight is 1180 g/mol. The summed E-state index contributed by atoms with van der Waals surface area (Å²) in [5.74, 6) is 4.19. The van der Waals surface area contributed by atoms with Gasteiger partial charge in [-0.05, 0) is 202 Å². The van der Waals surface area contributed by atoms with Gasteiger partial charge in [-0.2, -0.15) is 15.1 Å². The van der Waals surface area contributed by atoms with E-state index in [1.807, 2.05) is 0 Å². The predicted molar refractivity (Wildman–Crippen MR) is 382 cm³/mol. The number of H-pyrrole nitrogens is 1. The third-order valence-corrected chi connectivity index (χ3v) is 21.8. The summed E-state index contributed by atoms with van der Waals surface area (Å²) in [5.41, 5.74) is 27.0. The minimum Gasteiger partial charge on any atom is -0.296 e. The molecule has 6 aliphatic rings. The van der Waals surface area contributed by atoms with Gasteiger partial charge >= 0.3 is 0 Å². The van der Waals surface area contributed by atoms with E-state index in [9.17, 15) is 0 Å². The van der Waals surface area contributed by atoms with Gasteiger partial charge < -0.3 is 0 Å². The quantitative estimate of drug-likeness (QED) is 0.158. The van der Waals surface area contributed by atoms with E-state index >= 15 is 0 Å². The van der Waals surface area contributed by atoms with Crippen molar-refractivity contribution in [2.24, 2.45) is 0 Å². The lowest BCUT2D eigenvalue weighted by molar-refractivity contribution is 0.332. The van der Waals surface area contributed by atoms with Crippen molar-refractivity contribution < 1.29 is 0 Å². The molecule has 0 unspecified atom stereocenters. The molecule has 0 amide bonds. The zero-order chi connectivity index (χ0) is 62.2. The molecule has 0 bridgehead atoms. The number of aryl methyl sites for hydroxylation is 3. The molecular weight excluding hydrogens is 1110 g/mol. The van der Waals surface area contributed by atoms with Gasteiger partial charge in [0.15, 0.2) is 5.82 Å². The third-order valence-electron chi connectivity index (χ3n) is 21.8. The number of para-hydroxylation sites is 6. The Bertz CT molecular complexity index is 4810. The van der Waals surface area contributed by atoms with Crippen molar-refractivity contribution in [1.29, 1.82) is 0 Å². The van der Waals surface area contributed by atoms with E-state index in [1.54, 1.807) is 0 Å². The van der Waals surface area contributed by atoms with Gasteiger partial charge in [0.05, 0.1) is 11.4 Å². The Kier molecular flexibility index (Phi) is 12.0. The second-order valence-electron chi connectivity index (χ2n) is 29.2. The van der Waals surface area contributed by atoms with Crippen molar-refractivity contribution in [3.05, 3.63) is 239 Å². The van der Waals surface area contributed by atoms with Gasteiger partial charge in [0.2, 0.25) is 5.95 Å². The number of aromatic nitrogens is 4. The predicted octanol–water partition coefficient (Wildman–Crippen LogP) is 16.5. The van der Waals surface area contributed by atoms with E-state index in [4.69, 9.17) is 15.1 Å². The second kappa shape index (κ2) is 19.7. The summed E-state index contributed by atoms with van der Waals surface area (Å²) in [6.07, 6.45) is 4.53. The van der Waals surface area contributed by atoms with Crippen LogP contribution in [0.2, 0.25) is 0 Å². The van der Waals surface area contributed by atoms with E-state index in [1.165, 1.54) is 44.1 Å². The van der Waals surface area contributed by atoms with E-state index in [0.717, 1.165) is 133 Å². The molecule has 446 valence electrons. The van der Waals surface area contributed by atoms with Crippen LogP contribution in [0.25, 0.3) is 0 Å². The molecule has 0 saturated carbocycles. The first-order valence-corrected chi connectivity index (χ1v) is 32.8. The molecule has 9 nitrogen and oxygen atoms in total. The topological polar surface area (TPSA) is 70.7 Å². The molecule has 6 heterocycles. The van der Waals surface area contributed by atoms with Gasteiger partial charge in [0, 0.05) is 56.4 Å². The number of nitrogens with one attached hydrogen (secondary N) is 1. The molecule has 91 heavy (non-hydrogen) atoms. The van der Waals surface area contributed by atoms with Crippen LogP contribution in [0.4, 0.5) is 86.1 Å². The molecule has 0 fully saturated rings. The number of aromatic amines is 1. The highest BCUT2D eigenvalue weighted by Crippen LogP contribution is 2.53. The smallest absolute Gasteiger partial charge is 0.256 e. The number of rotatable bonds is 7. The maximum absolute atomic E-state index is 6.13. The summed E-state index contributed by atoms with van der Waals surface area (Å²) in [6.45, 7) is 25.5. The molecule has 9 aromatic carbocycles. The average Bonchev–Trinajstić information content (AvgIpc) is 1.63. The fraction of sp³-hybridized carbons (Fsp3) is 0.237. The zero-order valence-corrected chi connectivity index (χ0v) is 54.1. The second-order valence-corrected chi connectivity index (χ2v) is 29.2. The lowest BCUT2D eigenvalue weighted by atomic mass is 9.31. The molecule has 11 heteroatoms. The van der Waals surface area contributed by atoms with Crippen molar-refractivity contribution in [1.82, 2.24) is 20.2 Å². The number of benzene rings is 9. The zero-order valence-electron chi connectivity index (χ0n) is 54.1. The van der Waals surface area contributed by atoms with E-state index in [2.05, 4.69) is 306 Å². The molecule has 11 aromatic rings. The van der Waals surface area contributed by atoms with Gasteiger partial charge in [-0.3, -0.25) is 29.6 Å². The van der Waals surface area contributed by atoms with Crippen LogP contribution in [0.5, 0.6) is 0 Å². The fourth-order valence-corrected chi connectivity index (χ4v) is 16.8. The highest BCUT2D eigenvalue weighted by atomic mass is 15.4. The highest BCUT2D eigenvalue weighted by Gasteiger charge is 2.51. The van der Waals surface area contributed by atoms with Crippen molar-refractivity contribution in [3.63, 3.8) is 0 Å². The summed E-state index contributed by atoms with van der Waals surface area (Å²) in [4.78, 5) is 24.4. The molecule has 0 radical (unpaired) electrons. The Balaban J connectivity index is 0.962. The maximum atomic E-state index is 6.13. The van der Waals surface area contributed by atoms with Gasteiger partial charge in [-0.15, -0.1) is 0 Å². The lowest BCUT2D eigenvalue weighted by Gasteiger charge is -2.46. The first-order valence-electron chi connectivity index (χ1n) is 32.8. The summed E-state index contributed by atoms with van der Waals surface area (Å²) in [6, 6.07) is 74.9. The SMILES string of the molecule is Cc1ccccc1N(c1nc2c3c(n1)N(c1ccccc1)c1cc4c(cc1B3c1ccccc1N2c1ccc2c(c1)C(C)(C)CCC2(C)C)B1c2ccccc2N(c2ccc3c(c2)C(C)(C)CCC3(C)C)c2n[nH]c(c21)N4c1ccccc1)c1c(C)cccc1C. The van der Waals surface area contributed by atoms with Crippen LogP contribution in [-0.4, -0.2) is 33.6 Å². The number of hydrogen-bond acceptors (Lipinski definition) is 8. The standard InChI is InChI=1S/C80H75B2N9/c1-49-25-18-21-34-64(49)91(71-50(2)26-24-27-51(71)3)76-83-72-69-73(84-76)89(54-37-39-56-58(45-54)79(8,9)43-41-77(56,4)5)65-35-22-19-32-60(65)81(69)62-47-63-68(48-67(62)87(72)52-28-14-12-15-29-52)88(53-30-16-13-17-31-53)74-70-75(86-85-74)90(66-36-23-20-33-61(66)82(63)70)55-38-40-57-59(46-55)80(10,11)44-42-78(57,6)7/h12-40,45-48H,41-44H2,1-11H3,(H,85,86). The molecule has 4 aliphatic heterocycles. The summed E-state index contributed by atoms with van der Waals surface area (Å²) in [7, 11) is 0. The van der Waals surface area contributed by atoms with Crippen molar-refractivity contribution in [3.8, 4) is 0 Å². The third kappa shape index (κ3) is 8.14. The summed E-state index contributed by atoms with van der Waals surface area (Å²) in [5, 5.41) is 9.23. The van der Waals surface area contributed by atoms with Crippen LogP contribution in [0.3, 0.4) is 0 Å². The normalized spacial score (nSPS) is 17.0. The van der Waals surface area contributed by atoms with Crippen LogP contribution >= 0.6 is 0 Å². The Morgan fingerprint density at radius 1 is 0.374 bits per heavy atom. The van der Waals surface area contributed by atoms with Crippen LogP contribution in [0.1, 0.15) is 120 Å².